The van der Waals surface area contributed by atoms with E-state index in [0.29, 0.717) is 17.5 Å². The van der Waals surface area contributed by atoms with Crippen molar-refractivity contribution >= 4 is 32.7 Å². The van der Waals surface area contributed by atoms with Crippen molar-refractivity contribution in [1.82, 2.24) is 15.0 Å². The van der Waals surface area contributed by atoms with Crippen molar-refractivity contribution in [1.29, 1.82) is 0 Å². The Balaban J connectivity index is 1.10. The normalized spacial score (nSPS) is 12.8. The molecule has 0 atom stereocenters. The molecule has 0 spiro atoms. The molecule has 0 unspecified atom stereocenters. The molecule has 280 valence electrons. The van der Waals surface area contributed by atoms with E-state index < -0.39 is 5.41 Å². The summed E-state index contributed by atoms with van der Waals surface area (Å²) < 4.78 is 6.66. The molecule has 0 fully saturated rings. The maximum atomic E-state index is 6.66. The van der Waals surface area contributed by atoms with E-state index in [2.05, 4.69) is 188 Å². The van der Waals surface area contributed by atoms with Crippen molar-refractivity contribution in [3.05, 3.63) is 235 Å². The van der Waals surface area contributed by atoms with Crippen LogP contribution in [0.3, 0.4) is 0 Å². The van der Waals surface area contributed by atoms with E-state index in [1.54, 1.807) is 0 Å². The Hall–Kier alpha value is -7.95. The second kappa shape index (κ2) is 13.6. The van der Waals surface area contributed by atoms with Crippen molar-refractivity contribution in [2.24, 2.45) is 0 Å². The van der Waals surface area contributed by atoms with Crippen LogP contribution in [-0.4, -0.2) is 15.0 Å². The number of benzene rings is 9. The molecule has 0 bridgehead atoms. The highest BCUT2D eigenvalue weighted by molar-refractivity contribution is 6.22. The van der Waals surface area contributed by atoms with E-state index in [4.69, 9.17) is 19.4 Å². The van der Waals surface area contributed by atoms with Gasteiger partial charge >= 0.3 is 0 Å². The van der Waals surface area contributed by atoms with Gasteiger partial charge in [0.2, 0.25) is 0 Å². The zero-order chi connectivity index (χ0) is 39.6. The van der Waals surface area contributed by atoms with Gasteiger partial charge < -0.3 is 4.42 Å². The van der Waals surface area contributed by atoms with Crippen LogP contribution in [0.1, 0.15) is 22.3 Å². The van der Waals surface area contributed by atoms with Crippen LogP contribution >= 0.6 is 0 Å². The minimum Gasteiger partial charge on any atom is -0.456 e. The van der Waals surface area contributed by atoms with Crippen molar-refractivity contribution < 1.29 is 4.42 Å². The molecule has 60 heavy (non-hydrogen) atoms. The minimum absolute atomic E-state index is 0.550. The fourth-order valence-corrected chi connectivity index (χ4v) is 9.56. The van der Waals surface area contributed by atoms with Crippen LogP contribution in [0.25, 0.3) is 89.1 Å². The predicted molar refractivity (Wildman–Crippen MR) is 244 cm³/mol. The van der Waals surface area contributed by atoms with Gasteiger partial charge in [0.1, 0.15) is 11.2 Å². The fourth-order valence-electron chi connectivity index (χ4n) is 9.56. The lowest BCUT2D eigenvalue weighted by Crippen LogP contribution is -2.28. The summed E-state index contributed by atoms with van der Waals surface area (Å²) in [5.41, 5.74) is 13.4. The van der Waals surface area contributed by atoms with E-state index in [1.807, 2.05) is 24.3 Å². The average Bonchev–Trinajstić information content (AvgIpc) is 3.85. The molecule has 9 aromatic carbocycles. The second-order valence-corrected chi connectivity index (χ2v) is 15.5. The van der Waals surface area contributed by atoms with Crippen LogP contribution in [0.2, 0.25) is 0 Å². The highest BCUT2D eigenvalue weighted by Crippen LogP contribution is 2.56. The van der Waals surface area contributed by atoms with Crippen molar-refractivity contribution in [2.45, 2.75) is 5.41 Å². The van der Waals surface area contributed by atoms with Crippen LogP contribution in [0, 0.1) is 0 Å². The standard InChI is InChI=1S/C56H35N3O/c1-5-17-36(18-6-1)38-30-32-50-47(33-38)52-45-27-14-13-25-42(45)46(35-51(52)60-50)55-58-53(37-19-7-2-8-20-37)57-54(59-55)39-29-31-44-43-26-15-16-28-48(43)56(49(44)34-39,40-21-9-3-10-22-40)41-23-11-4-12-24-41/h1-35H. The molecule has 0 saturated heterocycles. The first-order valence-electron chi connectivity index (χ1n) is 20.4. The molecular weight excluding hydrogens is 731 g/mol. The molecule has 4 nitrogen and oxygen atoms in total. The van der Waals surface area contributed by atoms with Gasteiger partial charge in [0.25, 0.3) is 0 Å². The molecule has 0 radical (unpaired) electrons. The first-order valence-corrected chi connectivity index (χ1v) is 20.4. The molecule has 12 rings (SSSR count). The summed E-state index contributed by atoms with van der Waals surface area (Å²) in [6.07, 6.45) is 0. The van der Waals surface area contributed by atoms with Crippen molar-refractivity contribution in [3.8, 4) is 56.4 Å². The Morgan fingerprint density at radius 3 is 1.58 bits per heavy atom. The second-order valence-electron chi connectivity index (χ2n) is 15.5. The molecule has 4 heteroatoms. The number of rotatable bonds is 6. The number of hydrogen-bond acceptors (Lipinski definition) is 4. The Labute approximate surface area is 347 Å². The van der Waals surface area contributed by atoms with E-state index in [-0.39, 0.29) is 0 Å². The summed E-state index contributed by atoms with van der Waals surface area (Å²) >= 11 is 0. The summed E-state index contributed by atoms with van der Waals surface area (Å²) in [7, 11) is 0. The van der Waals surface area contributed by atoms with Gasteiger partial charge in [-0.2, -0.15) is 0 Å². The van der Waals surface area contributed by atoms with Gasteiger partial charge in [-0.05, 0) is 79.5 Å². The van der Waals surface area contributed by atoms with Gasteiger partial charge in [-0.25, -0.2) is 15.0 Å². The lowest BCUT2D eigenvalue weighted by atomic mass is 9.67. The van der Waals surface area contributed by atoms with E-state index >= 15 is 0 Å². The monoisotopic (exact) mass is 765 g/mol. The Bertz CT molecular complexity index is 3370. The third-order valence-electron chi connectivity index (χ3n) is 12.2. The number of furan rings is 1. The van der Waals surface area contributed by atoms with Gasteiger partial charge in [0.05, 0.1) is 5.41 Å². The average molecular weight is 766 g/mol. The number of aromatic nitrogens is 3. The zero-order valence-electron chi connectivity index (χ0n) is 32.5. The molecule has 0 aliphatic heterocycles. The van der Waals surface area contributed by atoms with Gasteiger partial charge in [-0.15, -0.1) is 0 Å². The quantitative estimate of drug-likeness (QED) is 0.169. The third-order valence-corrected chi connectivity index (χ3v) is 12.2. The van der Waals surface area contributed by atoms with E-state index in [1.165, 1.54) is 38.9 Å². The topological polar surface area (TPSA) is 51.8 Å². The molecule has 1 aliphatic carbocycles. The summed E-state index contributed by atoms with van der Waals surface area (Å²) in [4.78, 5) is 15.8. The van der Waals surface area contributed by atoms with Gasteiger partial charge in [-0.1, -0.05) is 188 Å². The fraction of sp³-hybridized carbons (Fsp3) is 0.0179. The maximum absolute atomic E-state index is 6.66. The van der Waals surface area contributed by atoms with E-state index in [9.17, 15) is 0 Å². The Morgan fingerprint density at radius 2 is 0.867 bits per heavy atom. The lowest BCUT2D eigenvalue weighted by molar-refractivity contribution is 0.669. The van der Waals surface area contributed by atoms with E-state index in [0.717, 1.165) is 55.0 Å². The highest BCUT2D eigenvalue weighted by atomic mass is 16.3. The first-order chi connectivity index (χ1) is 29.7. The van der Waals surface area contributed by atoms with Crippen LogP contribution in [0.4, 0.5) is 0 Å². The van der Waals surface area contributed by atoms with Gasteiger partial charge in [0.15, 0.2) is 17.5 Å². The summed E-state index contributed by atoms with van der Waals surface area (Å²) in [6, 6.07) is 75.1. The van der Waals surface area contributed by atoms with Gasteiger partial charge in [0, 0.05) is 27.5 Å². The molecular formula is C56H35N3O. The number of hydrogen-bond donors (Lipinski definition) is 0. The third kappa shape index (κ3) is 5.21. The molecule has 1 aliphatic rings. The molecule has 11 aromatic rings. The van der Waals surface area contributed by atoms with Gasteiger partial charge in [-0.3, -0.25) is 0 Å². The molecule has 0 amide bonds. The predicted octanol–water partition coefficient (Wildman–Crippen LogP) is 14.0. The maximum Gasteiger partial charge on any atom is 0.164 e. The molecule has 2 aromatic heterocycles. The largest absolute Gasteiger partial charge is 0.456 e. The lowest BCUT2D eigenvalue weighted by Gasteiger charge is -2.34. The van der Waals surface area contributed by atoms with Crippen LogP contribution < -0.4 is 0 Å². The highest BCUT2D eigenvalue weighted by Gasteiger charge is 2.46. The molecule has 0 saturated carbocycles. The van der Waals surface area contributed by atoms with Crippen LogP contribution in [0.15, 0.2) is 217 Å². The number of nitrogens with zero attached hydrogens (tertiary/aromatic N) is 3. The summed E-state index contributed by atoms with van der Waals surface area (Å²) in [6.45, 7) is 0. The van der Waals surface area contributed by atoms with Crippen molar-refractivity contribution in [3.63, 3.8) is 0 Å². The SMILES string of the molecule is c1ccc(-c2ccc3oc4cc(-c5nc(-c6ccccc6)nc(-c6ccc7c(c6)C(c6ccccc6)(c6ccccc6)c6ccccc6-7)n5)c5ccccc5c4c3c2)cc1. The minimum atomic E-state index is -0.550. The number of fused-ring (bicyclic) bond motifs is 8. The molecule has 0 N–H and O–H groups in total. The Morgan fingerprint density at radius 1 is 0.317 bits per heavy atom. The first kappa shape index (κ1) is 34.1. The smallest absolute Gasteiger partial charge is 0.164 e. The summed E-state index contributed by atoms with van der Waals surface area (Å²) in [5.74, 6) is 1.80. The van der Waals surface area contributed by atoms with Crippen LogP contribution in [0.5, 0.6) is 0 Å². The molecule has 2 heterocycles. The summed E-state index contributed by atoms with van der Waals surface area (Å²) in [5, 5.41) is 4.29. The Kier molecular flexibility index (Phi) is 7.72. The van der Waals surface area contributed by atoms with Crippen LogP contribution in [-0.2, 0) is 5.41 Å². The van der Waals surface area contributed by atoms with Crippen molar-refractivity contribution in [2.75, 3.05) is 0 Å². The zero-order valence-corrected chi connectivity index (χ0v) is 32.5.